The summed E-state index contributed by atoms with van der Waals surface area (Å²) < 4.78 is 0. The number of aryl methyl sites for hydroxylation is 2. The van der Waals surface area contributed by atoms with E-state index >= 15 is 0 Å². The van der Waals surface area contributed by atoms with Crippen molar-refractivity contribution in [2.24, 2.45) is 0 Å². The van der Waals surface area contributed by atoms with Gasteiger partial charge in [0, 0.05) is 17.1 Å². The molecule has 0 aliphatic heterocycles. The first-order valence-corrected chi connectivity index (χ1v) is 6.60. The molecule has 20 heavy (non-hydrogen) atoms. The number of Topliss-reactive ketones (excluding diaryl/α,β-unsaturated/α-hetero) is 2. The first-order valence-electron chi connectivity index (χ1n) is 6.60. The fourth-order valence-electron chi connectivity index (χ4n) is 2.37. The van der Waals surface area contributed by atoms with E-state index in [2.05, 4.69) is 0 Å². The molecule has 2 aromatic carbocycles. The second kappa shape index (κ2) is 7.37. The van der Waals surface area contributed by atoms with E-state index in [9.17, 15) is 9.59 Å². The Bertz CT molecular complexity index is 590. The maximum atomic E-state index is 11.4. The van der Waals surface area contributed by atoms with Crippen LogP contribution in [0.25, 0.3) is 0 Å². The molecule has 0 heterocycles. The summed E-state index contributed by atoms with van der Waals surface area (Å²) in [5.74, 6) is 0.244. The van der Waals surface area contributed by atoms with Crippen LogP contribution < -0.4 is 0 Å². The summed E-state index contributed by atoms with van der Waals surface area (Å²) in [5, 5.41) is 0. The molecule has 0 bridgehead atoms. The van der Waals surface area contributed by atoms with Gasteiger partial charge in [0.15, 0.2) is 0 Å². The van der Waals surface area contributed by atoms with Gasteiger partial charge in [0.25, 0.3) is 0 Å². The van der Waals surface area contributed by atoms with Gasteiger partial charge in [0.2, 0.25) is 0 Å². The van der Waals surface area contributed by atoms with E-state index in [0.29, 0.717) is 0 Å². The molecule has 0 saturated carbocycles. The van der Waals surface area contributed by atoms with Crippen LogP contribution in [0.4, 0.5) is 0 Å². The number of carbonyl (C=O) groups is 2. The molecular formula is C17H18FeO2-6. The fourth-order valence-corrected chi connectivity index (χ4v) is 2.37. The molecule has 2 aromatic rings. The van der Waals surface area contributed by atoms with Crippen molar-refractivity contribution in [2.75, 3.05) is 0 Å². The second-order valence-electron chi connectivity index (χ2n) is 4.94. The van der Waals surface area contributed by atoms with Crippen molar-refractivity contribution in [2.45, 2.75) is 33.1 Å². The normalized spacial score (nSPS) is 10.1. The van der Waals surface area contributed by atoms with Crippen LogP contribution in [-0.2, 0) is 29.9 Å². The SMILES string of the molecule is CC(=O)[c-]1[cH-][cH-][c-](CCCc2ccc[c-]2C(C)=O)[cH-]1.[Fe]. The van der Waals surface area contributed by atoms with Crippen molar-refractivity contribution < 1.29 is 26.7 Å². The van der Waals surface area contributed by atoms with Crippen LogP contribution in [0.1, 0.15) is 52.1 Å². The van der Waals surface area contributed by atoms with Crippen LogP contribution in [-0.4, -0.2) is 11.6 Å². The van der Waals surface area contributed by atoms with Gasteiger partial charge in [-0.1, -0.05) is 18.4 Å². The third kappa shape index (κ3) is 4.03. The summed E-state index contributed by atoms with van der Waals surface area (Å²) in [5.41, 5.74) is 3.95. The molecule has 0 unspecified atom stereocenters. The van der Waals surface area contributed by atoms with E-state index in [1.165, 1.54) is 5.56 Å². The molecule has 0 aliphatic rings. The van der Waals surface area contributed by atoms with Crippen LogP contribution in [0.15, 0.2) is 36.4 Å². The monoisotopic (exact) mass is 310 g/mol. The first kappa shape index (κ1) is 16.6. The molecule has 2 nitrogen and oxygen atoms in total. The van der Waals surface area contributed by atoms with Gasteiger partial charge in [0.05, 0.1) is 0 Å². The number of hydrogen-bond acceptors (Lipinski definition) is 2. The summed E-state index contributed by atoms with van der Waals surface area (Å²) in [7, 11) is 0. The summed E-state index contributed by atoms with van der Waals surface area (Å²) in [6, 6.07) is 11.7. The van der Waals surface area contributed by atoms with E-state index < -0.39 is 0 Å². The van der Waals surface area contributed by atoms with Gasteiger partial charge in [-0.15, -0.1) is 6.92 Å². The minimum absolute atomic E-state index is 0. The van der Waals surface area contributed by atoms with Crippen LogP contribution in [0.3, 0.4) is 0 Å². The molecule has 3 heteroatoms. The minimum atomic E-state index is 0. The van der Waals surface area contributed by atoms with Crippen molar-refractivity contribution in [1.82, 2.24) is 0 Å². The van der Waals surface area contributed by atoms with E-state index in [1.807, 2.05) is 36.4 Å². The fraction of sp³-hybridized carbons (Fsp3) is 0.294. The zero-order chi connectivity index (χ0) is 13.8. The van der Waals surface area contributed by atoms with Crippen LogP contribution in [0.2, 0.25) is 0 Å². The molecule has 0 aromatic heterocycles. The molecule has 0 amide bonds. The zero-order valence-electron chi connectivity index (χ0n) is 11.8. The molecule has 0 fully saturated rings. The Morgan fingerprint density at radius 1 is 1.20 bits per heavy atom. The zero-order valence-corrected chi connectivity index (χ0v) is 12.9. The molecule has 0 saturated heterocycles. The first-order chi connectivity index (χ1) is 9.08. The maximum absolute atomic E-state index is 11.4. The Kier molecular flexibility index (Phi) is 6.12. The largest absolute Gasteiger partial charge is 0.718 e. The molecule has 0 radical (unpaired) electrons. The smallest absolute Gasteiger partial charge is 0.105 e. The average Bonchev–Trinajstić information content (AvgIpc) is 2.97. The van der Waals surface area contributed by atoms with Crippen molar-refractivity contribution in [3.63, 3.8) is 0 Å². The van der Waals surface area contributed by atoms with Gasteiger partial charge in [-0.25, -0.2) is 12.1 Å². The van der Waals surface area contributed by atoms with Gasteiger partial charge in [0.1, 0.15) is 5.78 Å². The second-order valence-corrected chi connectivity index (χ2v) is 4.94. The van der Waals surface area contributed by atoms with Gasteiger partial charge < -0.3 is 38.9 Å². The molecule has 0 N–H and O–H groups in total. The minimum Gasteiger partial charge on any atom is -0.718 e. The third-order valence-corrected chi connectivity index (χ3v) is 3.42. The van der Waals surface area contributed by atoms with Gasteiger partial charge in [-0.3, -0.25) is 5.78 Å². The molecule has 112 valence electrons. The predicted molar refractivity (Wildman–Crippen MR) is 76.1 cm³/mol. The summed E-state index contributed by atoms with van der Waals surface area (Å²) in [6.07, 6.45) is 2.84. The number of ketones is 2. The number of rotatable bonds is 6. The quantitative estimate of drug-likeness (QED) is 0.463. The predicted octanol–water partition coefficient (Wildman–Crippen LogP) is 3.70. The average molecular weight is 310 g/mol. The molecular weight excluding hydrogens is 292 g/mol. The van der Waals surface area contributed by atoms with Crippen molar-refractivity contribution in [3.8, 4) is 0 Å². The Morgan fingerprint density at radius 3 is 2.55 bits per heavy atom. The maximum Gasteiger partial charge on any atom is 0.105 e. The van der Waals surface area contributed by atoms with Crippen molar-refractivity contribution in [3.05, 3.63) is 58.7 Å². The third-order valence-electron chi connectivity index (χ3n) is 3.42. The summed E-state index contributed by atoms with van der Waals surface area (Å²) in [6.45, 7) is 3.19. The van der Waals surface area contributed by atoms with Crippen molar-refractivity contribution >= 4 is 11.6 Å². The van der Waals surface area contributed by atoms with E-state index in [1.54, 1.807) is 13.8 Å². The van der Waals surface area contributed by atoms with Gasteiger partial charge in [-0.05, 0) is 6.92 Å². The van der Waals surface area contributed by atoms with E-state index in [4.69, 9.17) is 0 Å². The van der Waals surface area contributed by atoms with E-state index in [0.717, 1.165) is 36.0 Å². The van der Waals surface area contributed by atoms with Crippen molar-refractivity contribution in [1.29, 1.82) is 0 Å². The Labute approximate surface area is 130 Å². The standard InChI is InChI=1S/C17H18O2.Fe/c1-12(18)16-10-9-14(11-16)5-3-6-15-7-4-8-17(15)13(2)19;/h4,7-11H,3,5-6H2,1-2H3;/q-6;. The Hall–Kier alpha value is -1.44. The van der Waals surface area contributed by atoms with Crippen LogP contribution in [0.5, 0.6) is 0 Å². The molecule has 0 spiro atoms. The topological polar surface area (TPSA) is 34.1 Å². The molecule has 2 rings (SSSR count). The molecule has 0 aliphatic carbocycles. The Morgan fingerprint density at radius 2 is 1.95 bits per heavy atom. The summed E-state index contributed by atoms with van der Waals surface area (Å²) >= 11 is 0. The van der Waals surface area contributed by atoms with Crippen LogP contribution in [0, 0.1) is 0 Å². The number of hydrogen-bond donors (Lipinski definition) is 0. The van der Waals surface area contributed by atoms with E-state index in [-0.39, 0.29) is 28.6 Å². The summed E-state index contributed by atoms with van der Waals surface area (Å²) in [4.78, 5) is 22.6. The molecule has 0 atom stereocenters. The van der Waals surface area contributed by atoms with Gasteiger partial charge in [-0.2, -0.15) is 18.1 Å². The van der Waals surface area contributed by atoms with Gasteiger partial charge >= 0.3 is 0 Å². The number of carbonyl (C=O) groups excluding carboxylic acids is 2. The Balaban J connectivity index is 0.00000200. The van der Waals surface area contributed by atoms with Crippen LogP contribution >= 0.6 is 0 Å².